The lowest BCUT2D eigenvalue weighted by atomic mass is 10.1. The third kappa shape index (κ3) is 3.47. The van der Waals surface area contributed by atoms with Crippen LogP contribution in [-0.4, -0.2) is 16.7 Å². The number of nitrogens with zero attached hydrogens (tertiary/aromatic N) is 3. The normalized spacial score (nSPS) is 13.1. The fourth-order valence-corrected chi connectivity index (χ4v) is 3.06. The average molecular weight is 339 g/mol. The number of hydrogen-bond donors (Lipinski definition) is 0. The van der Waals surface area contributed by atoms with Crippen molar-refractivity contribution in [3.05, 3.63) is 71.1 Å². The highest BCUT2D eigenvalue weighted by Crippen LogP contribution is 2.30. The van der Waals surface area contributed by atoms with Gasteiger partial charge in [-0.1, -0.05) is 17.3 Å². The van der Waals surface area contributed by atoms with Crippen molar-refractivity contribution >= 4 is 5.69 Å². The van der Waals surface area contributed by atoms with Gasteiger partial charge in [0, 0.05) is 25.7 Å². The summed E-state index contributed by atoms with van der Waals surface area (Å²) >= 11 is 0. The minimum Gasteiger partial charge on any atom is -0.485 e. The highest BCUT2D eigenvalue weighted by molar-refractivity contribution is 5.58. The first-order valence-corrected chi connectivity index (χ1v) is 8.22. The van der Waals surface area contributed by atoms with Crippen LogP contribution in [0, 0.1) is 12.7 Å². The van der Waals surface area contributed by atoms with Crippen molar-refractivity contribution in [1.82, 2.24) is 10.1 Å². The predicted octanol–water partition coefficient (Wildman–Crippen LogP) is 3.66. The minimum atomic E-state index is -0.168. The third-order valence-corrected chi connectivity index (χ3v) is 4.27. The molecule has 3 aromatic rings. The second-order valence-electron chi connectivity index (χ2n) is 6.11. The molecule has 0 spiro atoms. The van der Waals surface area contributed by atoms with Gasteiger partial charge in [0.25, 0.3) is 0 Å². The molecular weight excluding hydrogens is 321 g/mol. The molecule has 1 aliphatic rings. The molecular formula is C19H18FN3O2. The van der Waals surface area contributed by atoms with Crippen molar-refractivity contribution in [2.75, 3.05) is 11.4 Å². The van der Waals surface area contributed by atoms with Gasteiger partial charge in [0.1, 0.15) is 11.6 Å². The van der Waals surface area contributed by atoms with Gasteiger partial charge < -0.3 is 14.2 Å². The lowest BCUT2D eigenvalue weighted by molar-refractivity contribution is 0.285. The number of aromatic nitrogens is 2. The van der Waals surface area contributed by atoms with Crippen LogP contribution in [-0.2, 0) is 19.6 Å². The molecule has 0 unspecified atom stereocenters. The van der Waals surface area contributed by atoms with E-state index >= 15 is 0 Å². The summed E-state index contributed by atoms with van der Waals surface area (Å²) in [5.74, 6) is 1.65. The molecule has 0 saturated carbocycles. The molecule has 6 heteroatoms. The number of ether oxygens (including phenoxy) is 1. The van der Waals surface area contributed by atoms with Crippen molar-refractivity contribution in [3.63, 3.8) is 0 Å². The molecule has 1 aromatic heterocycles. The Balaban J connectivity index is 1.38. The van der Waals surface area contributed by atoms with E-state index in [-0.39, 0.29) is 12.4 Å². The standard InChI is InChI=1S/C19H18FN3O2/c1-13-21-19(22-25-13)12-24-17-5-2-14(3-6-17)11-23-9-8-15-10-16(20)4-7-18(15)23/h2-7,10H,8-9,11-12H2,1H3. The highest BCUT2D eigenvalue weighted by atomic mass is 19.1. The Kier molecular flexibility index (Phi) is 4.09. The van der Waals surface area contributed by atoms with Crippen LogP contribution in [0.2, 0.25) is 0 Å². The Morgan fingerprint density at radius 3 is 2.80 bits per heavy atom. The first-order valence-electron chi connectivity index (χ1n) is 8.22. The topological polar surface area (TPSA) is 51.4 Å². The Hall–Kier alpha value is -2.89. The van der Waals surface area contributed by atoms with E-state index in [4.69, 9.17) is 9.26 Å². The summed E-state index contributed by atoms with van der Waals surface area (Å²) in [5, 5.41) is 3.80. The first-order chi connectivity index (χ1) is 12.2. The summed E-state index contributed by atoms with van der Waals surface area (Å²) in [6.45, 7) is 3.73. The second-order valence-corrected chi connectivity index (χ2v) is 6.11. The summed E-state index contributed by atoms with van der Waals surface area (Å²) in [7, 11) is 0. The fraction of sp³-hybridized carbons (Fsp3) is 0.263. The van der Waals surface area contributed by atoms with Crippen LogP contribution in [0.5, 0.6) is 5.75 Å². The molecule has 0 fully saturated rings. The average Bonchev–Trinajstić information content (AvgIpc) is 3.20. The maximum Gasteiger partial charge on any atom is 0.223 e. The Bertz CT molecular complexity index is 877. The quantitative estimate of drug-likeness (QED) is 0.710. The van der Waals surface area contributed by atoms with E-state index in [1.165, 1.54) is 11.6 Å². The zero-order valence-electron chi connectivity index (χ0n) is 13.9. The van der Waals surface area contributed by atoms with Gasteiger partial charge in [-0.3, -0.25) is 0 Å². The van der Waals surface area contributed by atoms with Crippen molar-refractivity contribution in [2.24, 2.45) is 0 Å². The van der Waals surface area contributed by atoms with Gasteiger partial charge in [0.15, 0.2) is 6.61 Å². The van der Waals surface area contributed by atoms with E-state index in [0.717, 1.165) is 36.5 Å². The van der Waals surface area contributed by atoms with E-state index in [9.17, 15) is 4.39 Å². The Morgan fingerprint density at radius 1 is 1.20 bits per heavy atom. The number of anilines is 1. The van der Waals surface area contributed by atoms with E-state index in [0.29, 0.717) is 11.7 Å². The molecule has 0 amide bonds. The van der Waals surface area contributed by atoms with Crippen molar-refractivity contribution < 1.29 is 13.7 Å². The van der Waals surface area contributed by atoms with Crippen molar-refractivity contribution in [2.45, 2.75) is 26.5 Å². The van der Waals surface area contributed by atoms with Crippen molar-refractivity contribution in [3.8, 4) is 5.75 Å². The van der Waals surface area contributed by atoms with Crippen LogP contribution < -0.4 is 9.64 Å². The summed E-state index contributed by atoms with van der Waals surface area (Å²) in [6.07, 6.45) is 0.887. The summed E-state index contributed by atoms with van der Waals surface area (Å²) in [4.78, 5) is 6.37. The molecule has 2 aromatic carbocycles. The van der Waals surface area contributed by atoms with Crippen LogP contribution >= 0.6 is 0 Å². The fourth-order valence-electron chi connectivity index (χ4n) is 3.06. The summed E-state index contributed by atoms with van der Waals surface area (Å²) in [5.41, 5.74) is 3.38. The number of benzene rings is 2. The smallest absolute Gasteiger partial charge is 0.223 e. The lowest BCUT2D eigenvalue weighted by Gasteiger charge is -2.19. The minimum absolute atomic E-state index is 0.168. The number of aryl methyl sites for hydroxylation is 1. The van der Waals surface area contributed by atoms with Crippen LogP contribution in [0.3, 0.4) is 0 Å². The number of hydrogen-bond acceptors (Lipinski definition) is 5. The molecule has 0 radical (unpaired) electrons. The zero-order valence-corrected chi connectivity index (χ0v) is 13.9. The van der Waals surface area contributed by atoms with Crippen molar-refractivity contribution in [1.29, 1.82) is 0 Å². The Labute approximate surface area is 145 Å². The summed E-state index contributed by atoms with van der Waals surface area (Å²) < 4.78 is 23.9. The van der Waals surface area contributed by atoms with Gasteiger partial charge in [-0.2, -0.15) is 4.98 Å². The van der Waals surface area contributed by atoms with Gasteiger partial charge in [-0.15, -0.1) is 0 Å². The maximum absolute atomic E-state index is 13.3. The molecule has 25 heavy (non-hydrogen) atoms. The van der Waals surface area contributed by atoms with Crippen LogP contribution in [0.4, 0.5) is 10.1 Å². The number of rotatable bonds is 5. The van der Waals surface area contributed by atoms with Gasteiger partial charge in [0.2, 0.25) is 11.7 Å². The van der Waals surface area contributed by atoms with Crippen LogP contribution in [0.1, 0.15) is 22.8 Å². The zero-order chi connectivity index (χ0) is 17.2. The molecule has 0 N–H and O–H groups in total. The Morgan fingerprint density at radius 2 is 2.04 bits per heavy atom. The molecule has 5 nitrogen and oxygen atoms in total. The van der Waals surface area contributed by atoms with Gasteiger partial charge >= 0.3 is 0 Å². The monoisotopic (exact) mass is 339 g/mol. The molecule has 128 valence electrons. The molecule has 0 saturated heterocycles. The second kappa shape index (κ2) is 6.55. The molecule has 1 aliphatic heterocycles. The number of halogens is 1. The first kappa shape index (κ1) is 15.6. The highest BCUT2D eigenvalue weighted by Gasteiger charge is 2.19. The molecule has 0 aliphatic carbocycles. The van der Waals surface area contributed by atoms with E-state index in [1.54, 1.807) is 13.0 Å². The van der Waals surface area contributed by atoms with Crippen LogP contribution in [0.15, 0.2) is 47.0 Å². The van der Waals surface area contributed by atoms with E-state index in [2.05, 4.69) is 15.0 Å². The van der Waals surface area contributed by atoms with Crippen LogP contribution in [0.25, 0.3) is 0 Å². The largest absolute Gasteiger partial charge is 0.485 e. The lowest BCUT2D eigenvalue weighted by Crippen LogP contribution is -2.19. The molecule has 2 heterocycles. The SMILES string of the molecule is Cc1nc(COc2ccc(CN3CCc4cc(F)ccc43)cc2)no1. The number of fused-ring (bicyclic) bond motifs is 1. The van der Waals surface area contributed by atoms with Gasteiger partial charge in [-0.05, 0) is 47.9 Å². The van der Waals surface area contributed by atoms with E-state index in [1.807, 2.05) is 30.3 Å². The summed E-state index contributed by atoms with van der Waals surface area (Å²) in [6, 6.07) is 13.0. The maximum atomic E-state index is 13.3. The van der Waals surface area contributed by atoms with Gasteiger partial charge in [-0.25, -0.2) is 4.39 Å². The third-order valence-electron chi connectivity index (χ3n) is 4.27. The molecule has 0 atom stereocenters. The van der Waals surface area contributed by atoms with Gasteiger partial charge in [0.05, 0.1) is 0 Å². The molecule has 0 bridgehead atoms. The van der Waals surface area contributed by atoms with E-state index < -0.39 is 0 Å². The molecule has 4 rings (SSSR count). The predicted molar refractivity (Wildman–Crippen MR) is 91.0 cm³/mol.